The molecule has 3 N–H and O–H groups in total. The summed E-state index contributed by atoms with van der Waals surface area (Å²) >= 11 is 1.75. The van der Waals surface area contributed by atoms with Crippen LogP contribution in [0.2, 0.25) is 0 Å². The van der Waals surface area contributed by atoms with Crippen LogP contribution in [0.4, 0.5) is 0 Å². The average molecular weight is 216 g/mol. The van der Waals surface area contributed by atoms with Crippen molar-refractivity contribution in [3.05, 3.63) is 0 Å². The third-order valence-electron chi connectivity index (χ3n) is 2.98. The molecule has 0 aliphatic carbocycles. The Balaban J connectivity index is 1.96. The van der Waals surface area contributed by atoms with Crippen LogP contribution >= 0.6 is 11.8 Å². The Morgan fingerprint density at radius 2 is 2.43 bits per heavy atom. The number of rotatable bonds is 1. The van der Waals surface area contributed by atoms with Gasteiger partial charge in [0.25, 0.3) is 0 Å². The van der Waals surface area contributed by atoms with Gasteiger partial charge >= 0.3 is 5.97 Å². The maximum absolute atomic E-state index is 10.8. The third-order valence-corrected chi connectivity index (χ3v) is 4.50. The molecule has 80 valence electrons. The van der Waals surface area contributed by atoms with Gasteiger partial charge in [-0.1, -0.05) is 0 Å². The molecule has 3 atom stereocenters. The number of aliphatic carboxylic acids is 1. The zero-order valence-electron chi connectivity index (χ0n) is 8.25. The van der Waals surface area contributed by atoms with E-state index in [-0.39, 0.29) is 10.9 Å². The maximum Gasteiger partial charge on any atom is 0.321 e. The van der Waals surface area contributed by atoms with Gasteiger partial charge in [0.2, 0.25) is 0 Å². The van der Waals surface area contributed by atoms with Crippen molar-refractivity contribution in [2.45, 2.75) is 36.7 Å². The fourth-order valence-corrected chi connectivity index (χ4v) is 3.39. The molecule has 2 saturated heterocycles. The van der Waals surface area contributed by atoms with Crippen LogP contribution in [0.15, 0.2) is 0 Å². The summed E-state index contributed by atoms with van der Waals surface area (Å²) in [5.41, 5.74) is 0. The molecule has 2 aliphatic heterocycles. The molecule has 2 unspecified atom stereocenters. The van der Waals surface area contributed by atoms with Crippen molar-refractivity contribution in [1.82, 2.24) is 10.6 Å². The maximum atomic E-state index is 10.8. The Hall–Kier alpha value is -0.260. The van der Waals surface area contributed by atoms with Crippen molar-refractivity contribution < 1.29 is 9.90 Å². The lowest BCUT2D eigenvalue weighted by atomic mass is 10.0. The third kappa shape index (κ3) is 1.89. The molecule has 0 aromatic heterocycles. The Morgan fingerprint density at radius 1 is 1.64 bits per heavy atom. The second kappa shape index (κ2) is 3.72. The monoisotopic (exact) mass is 216 g/mol. The van der Waals surface area contributed by atoms with Gasteiger partial charge in [0.15, 0.2) is 0 Å². The van der Waals surface area contributed by atoms with Crippen molar-refractivity contribution in [2.75, 3.05) is 12.3 Å². The quantitative estimate of drug-likeness (QED) is 0.586. The van der Waals surface area contributed by atoms with Gasteiger partial charge in [-0.3, -0.25) is 10.1 Å². The minimum atomic E-state index is -0.729. The normalized spacial score (nSPS) is 42.9. The number of thioether (sulfide) groups is 1. The lowest BCUT2D eigenvalue weighted by Gasteiger charge is -2.36. The highest BCUT2D eigenvalue weighted by molar-refractivity contribution is 8.01. The lowest BCUT2D eigenvalue weighted by Crippen LogP contribution is -2.55. The molecule has 0 amide bonds. The van der Waals surface area contributed by atoms with Crippen molar-refractivity contribution in [2.24, 2.45) is 0 Å². The standard InChI is InChI=1S/C9H16N2O2S/c1-6-2-3-9(5-10-6)11-7(4-14-9)8(12)13/h6-7,10-11H,2-5H2,1H3,(H,12,13)/t6?,7-,9?/m0/s1. The molecule has 0 aromatic carbocycles. The number of carboxylic acid groups (broad SMARTS) is 1. The predicted octanol–water partition coefficient (Wildman–Crippen LogP) is 0.244. The molecule has 2 heterocycles. The fraction of sp³-hybridized carbons (Fsp3) is 0.889. The summed E-state index contributed by atoms with van der Waals surface area (Å²) in [6, 6.07) is 0.196. The summed E-state index contributed by atoms with van der Waals surface area (Å²) in [5, 5.41) is 15.5. The Labute approximate surface area is 87.8 Å². The van der Waals surface area contributed by atoms with Crippen molar-refractivity contribution in [3.8, 4) is 0 Å². The molecule has 0 aromatic rings. The van der Waals surface area contributed by atoms with Gasteiger partial charge in [-0.25, -0.2) is 0 Å². The van der Waals surface area contributed by atoms with Crippen LogP contribution in [0.5, 0.6) is 0 Å². The van der Waals surface area contributed by atoms with Crippen molar-refractivity contribution in [3.63, 3.8) is 0 Å². The van der Waals surface area contributed by atoms with E-state index in [1.54, 1.807) is 11.8 Å². The molecule has 1 spiro atoms. The number of piperidine rings is 1. The van der Waals surface area contributed by atoms with Gasteiger partial charge in [0.1, 0.15) is 6.04 Å². The summed E-state index contributed by atoms with van der Waals surface area (Å²) in [4.78, 5) is 10.8. The van der Waals surface area contributed by atoms with Gasteiger partial charge in [-0.15, -0.1) is 11.8 Å². The topological polar surface area (TPSA) is 61.4 Å². The molecular weight excluding hydrogens is 200 g/mol. The first-order chi connectivity index (χ1) is 6.61. The number of carbonyl (C=O) groups is 1. The minimum Gasteiger partial charge on any atom is -0.480 e. The van der Waals surface area contributed by atoms with Crippen LogP contribution in [-0.2, 0) is 4.79 Å². The molecule has 2 fully saturated rings. The molecule has 2 aliphatic rings. The van der Waals surface area contributed by atoms with E-state index in [4.69, 9.17) is 5.11 Å². The Morgan fingerprint density at radius 3 is 2.93 bits per heavy atom. The number of hydrogen-bond donors (Lipinski definition) is 3. The van der Waals surface area contributed by atoms with E-state index in [1.165, 1.54) is 0 Å². The number of hydrogen-bond acceptors (Lipinski definition) is 4. The van der Waals surface area contributed by atoms with Crippen molar-refractivity contribution >= 4 is 17.7 Å². The molecule has 2 rings (SSSR count). The van der Waals surface area contributed by atoms with E-state index >= 15 is 0 Å². The zero-order chi connectivity index (χ0) is 10.2. The number of nitrogens with one attached hydrogen (secondary N) is 2. The number of carboxylic acids is 1. The molecule has 0 saturated carbocycles. The predicted molar refractivity (Wildman–Crippen MR) is 56.4 cm³/mol. The van der Waals surface area contributed by atoms with Crippen LogP contribution in [0.25, 0.3) is 0 Å². The smallest absolute Gasteiger partial charge is 0.321 e. The van der Waals surface area contributed by atoms with E-state index in [0.29, 0.717) is 11.8 Å². The second-order valence-electron chi connectivity index (χ2n) is 4.16. The molecule has 14 heavy (non-hydrogen) atoms. The van der Waals surface area contributed by atoms with E-state index < -0.39 is 5.97 Å². The average Bonchev–Trinajstić information content (AvgIpc) is 2.56. The Kier molecular flexibility index (Phi) is 2.72. The highest BCUT2D eigenvalue weighted by Crippen LogP contribution is 2.36. The van der Waals surface area contributed by atoms with Gasteiger partial charge < -0.3 is 10.4 Å². The van der Waals surface area contributed by atoms with Gasteiger partial charge in [-0.2, -0.15) is 0 Å². The first kappa shape index (κ1) is 10.3. The van der Waals surface area contributed by atoms with Crippen LogP contribution in [0.1, 0.15) is 19.8 Å². The van der Waals surface area contributed by atoms with Crippen molar-refractivity contribution in [1.29, 1.82) is 0 Å². The summed E-state index contributed by atoms with van der Waals surface area (Å²) in [5.74, 6) is -0.0428. The summed E-state index contributed by atoms with van der Waals surface area (Å²) < 4.78 is 0. The van der Waals surface area contributed by atoms with Crippen LogP contribution < -0.4 is 10.6 Å². The molecular formula is C9H16N2O2S. The van der Waals surface area contributed by atoms with E-state index in [9.17, 15) is 4.79 Å². The molecule has 0 radical (unpaired) electrons. The molecule has 4 nitrogen and oxygen atoms in total. The summed E-state index contributed by atoms with van der Waals surface area (Å²) in [6.07, 6.45) is 2.18. The highest BCUT2D eigenvalue weighted by atomic mass is 32.2. The largest absolute Gasteiger partial charge is 0.480 e. The minimum absolute atomic E-state index is 0.0183. The first-order valence-corrected chi connectivity index (χ1v) is 5.98. The van der Waals surface area contributed by atoms with Gasteiger partial charge in [-0.05, 0) is 19.8 Å². The lowest BCUT2D eigenvalue weighted by molar-refractivity contribution is -0.138. The van der Waals surface area contributed by atoms with Crippen LogP contribution in [0.3, 0.4) is 0 Å². The Bertz CT molecular complexity index is 239. The van der Waals surface area contributed by atoms with E-state index in [0.717, 1.165) is 19.4 Å². The molecule has 5 heteroatoms. The second-order valence-corrected chi connectivity index (χ2v) is 5.56. The first-order valence-electron chi connectivity index (χ1n) is 4.99. The van der Waals surface area contributed by atoms with Gasteiger partial charge in [0, 0.05) is 18.3 Å². The fourth-order valence-electron chi connectivity index (χ4n) is 2.00. The zero-order valence-corrected chi connectivity index (χ0v) is 9.06. The van der Waals surface area contributed by atoms with E-state index in [2.05, 4.69) is 17.6 Å². The van der Waals surface area contributed by atoms with Crippen LogP contribution in [-0.4, -0.2) is 40.3 Å². The van der Waals surface area contributed by atoms with E-state index in [1.807, 2.05) is 0 Å². The highest BCUT2D eigenvalue weighted by Gasteiger charge is 2.43. The van der Waals surface area contributed by atoms with Crippen LogP contribution in [0, 0.1) is 0 Å². The van der Waals surface area contributed by atoms with Gasteiger partial charge in [0.05, 0.1) is 4.87 Å². The summed E-state index contributed by atoms with van der Waals surface area (Å²) in [7, 11) is 0. The summed E-state index contributed by atoms with van der Waals surface area (Å²) in [6.45, 7) is 3.05. The molecule has 0 bridgehead atoms. The SMILES string of the molecule is CC1CCC2(CN1)N[C@H](C(=O)O)CS2.